The highest BCUT2D eigenvalue weighted by Crippen LogP contribution is 2.54. The Morgan fingerprint density at radius 2 is 1.91 bits per heavy atom. The van der Waals surface area contributed by atoms with Crippen molar-refractivity contribution in [1.82, 2.24) is 0 Å². The summed E-state index contributed by atoms with van der Waals surface area (Å²) in [6.45, 7) is 18.3. The fourth-order valence-electron chi connectivity index (χ4n) is 5.87. The zero-order valence-corrected chi connectivity index (χ0v) is 20.4. The standard InChI is InChI=1S/C32H38/c1-7-12-21(4)30-22(5)17-29-20-27(19-28-18-24(8-2)15-16-25(28)9-3)23(6)31(29)32(30)26-13-10-11-14-26/h10-11,13,15-19,31-32H,4,6-9,12,14,20H2,1-3,5H3/b27-19-. The van der Waals surface area contributed by atoms with Gasteiger partial charge in [-0.3, -0.25) is 0 Å². The van der Waals surface area contributed by atoms with Crippen LogP contribution in [0.1, 0.15) is 70.1 Å². The van der Waals surface area contributed by atoms with E-state index in [1.807, 2.05) is 0 Å². The molecule has 0 bridgehead atoms. The lowest BCUT2D eigenvalue weighted by molar-refractivity contribution is 0.555. The summed E-state index contributed by atoms with van der Waals surface area (Å²) in [5, 5.41) is 0. The van der Waals surface area contributed by atoms with Crippen LogP contribution in [0.3, 0.4) is 0 Å². The van der Waals surface area contributed by atoms with E-state index < -0.39 is 0 Å². The average molecular weight is 423 g/mol. The maximum absolute atomic E-state index is 4.69. The topological polar surface area (TPSA) is 0 Å². The van der Waals surface area contributed by atoms with Crippen molar-refractivity contribution >= 4 is 6.08 Å². The minimum atomic E-state index is 0.374. The number of rotatable bonds is 7. The van der Waals surface area contributed by atoms with E-state index in [-0.39, 0.29) is 0 Å². The van der Waals surface area contributed by atoms with Gasteiger partial charge in [0.2, 0.25) is 0 Å². The van der Waals surface area contributed by atoms with Crippen molar-refractivity contribution in [3.63, 3.8) is 0 Å². The molecule has 1 saturated carbocycles. The van der Waals surface area contributed by atoms with Crippen molar-refractivity contribution in [1.29, 1.82) is 0 Å². The molecule has 166 valence electrons. The van der Waals surface area contributed by atoms with Crippen LogP contribution in [-0.2, 0) is 12.8 Å². The average Bonchev–Trinajstić information content (AvgIpc) is 3.41. The molecule has 32 heavy (non-hydrogen) atoms. The first kappa shape index (κ1) is 22.6. The second-order valence-electron chi connectivity index (χ2n) is 9.61. The second kappa shape index (κ2) is 9.49. The van der Waals surface area contributed by atoms with Gasteiger partial charge < -0.3 is 0 Å². The molecule has 0 aromatic heterocycles. The third-order valence-electron chi connectivity index (χ3n) is 7.51. The van der Waals surface area contributed by atoms with E-state index in [1.54, 1.807) is 0 Å². The maximum atomic E-state index is 4.69. The van der Waals surface area contributed by atoms with Gasteiger partial charge in [0.15, 0.2) is 0 Å². The fraction of sp³-hybridized carbons (Fsp3) is 0.375. The number of hydrogen-bond donors (Lipinski definition) is 0. The number of allylic oxidation sites excluding steroid dienone is 11. The van der Waals surface area contributed by atoms with Crippen LogP contribution in [-0.4, -0.2) is 0 Å². The minimum Gasteiger partial charge on any atom is -0.0955 e. The molecule has 0 aliphatic heterocycles. The molecule has 0 saturated heterocycles. The number of aryl methyl sites for hydroxylation is 2. The summed E-state index contributed by atoms with van der Waals surface area (Å²) in [4.78, 5) is 0. The molecule has 1 aromatic carbocycles. The van der Waals surface area contributed by atoms with E-state index >= 15 is 0 Å². The number of benzene rings is 1. The third-order valence-corrected chi connectivity index (χ3v) is 7.51. The molecule has 0 heterocycles. The SMILES string of the molecule is C=C(CCC)C1=C(C)C=C2C/C(=C/c3cc(CC)ccc3CC)C(=C)C2C1C1=CC=CC1. The highest BCUT2D eigenvalue weighted by atomic mass is 14.4. The molecule has 0 N–H and O–H groups in total. The van der Waals surface area contributed by atoms with Gasteiger partial charge >= 0.3 is 0 Å². The molecule has 0 spiro atoms. The summed E-state index contributed by atoms with van der Waals surface area (Å²) in [6, 6.07) is 6.97. The summed E-state index contributed by atoms with van der Waals surface area (Å²) in [6.07, 6.45) is 18.2. The summed E-state index contributed by atoms with van der Waals surface area (Å²) in [7, 11) is 0. The molecule has 0 nitrogen and oxygen atoms in total. The van der Waals surface area contributed by atoms with Gasteiger partial charge in [0.25, 0.3) is 0 Å². The van der Waals surface area contributed by atoms with Crippen LogP contribution < -0.4 is 0 Å². The monoisotopic (exact) mass is 422 g/mol. The Balaban J connectivity index is 1.76. The van der Waals surface area contributed by atoms with Crippen LogP contribution in [0.5, 0.6) is 0 Å². The molecule has 3 aliphatic rings. The zero-order chi connectivity index (χ0) is 22.8. The van der Waals surface area contributed by atoms with Gasteiger partial charge in [-0.1, -0.05) is 106 Å². The van der Waals surface area contributed by atoms with E-state index in [0.717, 1.165) is 38.5 Å². The van der Waals surface area contributed by atoms with Gasteiger partial charge in [0, 0.05) is 11.8 Å². The van der Waals surface area contributed by atoms with E-state index in [9.17, 15) is 0 Å². The Kier molecular flexibility index (Phi) is 6.70. The summed E-state index contributed by atoms with van der Waals surface area (Å²) in [5.74, 6) is 0.759. The zero-order valence-electron chi connectivity index (χ0n) is 20.4. The van der Waals surface area contributed by atoms with Crippen molar-refractivity contribution in [3.8, 4) is 0 Å². The highest BCUT2D eigenvalue weighted by molar-refractivity contribution is 5.68. The molecular formula is C32H38. The quantitative estimate of drug-likeness (QED) is 0.411. The lowest BCUT2D eigenvalue weighted by Gasteiger charge is -2.35. The van der Waals surface area contributed by atoms with Gasteiger partial charge in [-0.25, -0.2) is 0 Å². The van der Waals surface area contributed by atoms with E-state index in [1.165, 1.54) is 55.7 Å². The normalized spacial score (nSPS) is 23.6. The second-order valence-corrected chi connectivity index (χ2v) is 9.61. The molecule has 1 aromatic rings. The predicted molar refractivity (Wildman–Crippen MR) is 141 cm³/mol. The van der Waals surface area contributed by atoms with Crippen molar-refractivity contribution in [2.24, 2.45) is 11.8 Å². The van der Waals surface area contributed by atoms with Crippen LogP contribution in [0.4, 0.5) is 0 Å². The Morgan fingerprint density at radius 3 is 2.56 bits per heavy atom. The van der Waals surface area contributed by atoms with Crippen molar-refractivity contribution in [2.45, 2.75) is 66.2 Å². The van der Waals surface area contributed by atoms with Crippen molar-refractivity contribution in [2.75, 3.05) is 0 Å². The Labute approximate surface area is 195 Å². The van der Waals surface area contributed by atoms with E-state index in [0.29, 0.717) is 11.8 Å². The number of hydrogen-bond acceptors (Lipinski definition) is 0. The molecule has 3 aliphatic carbocycles. The molecule has 0 radical (unpaired) electrons. The summed E-state index contributed by atoms with van der Waals surface area (Å²) < 4.78 is 0. The predicted octanol–water partition coefficient (Wildman–Crippen LogP) is 8.89. The van der Waals surface area contributed by atoms with Crippen LogP contribution in [0, 0.1) is 11.8 Å². The molecule has 0 amide bonds. The van der Waals surface area contributed by atoms with Gasteiger partial charge in [0.05, 0.1) is 0 Å². The van der Waals surface area contributed by atoms with Crippen LogP contribution >= 0.6 is 0 Å². The van der Waals surface area contributed by atoms with Gasteiger partial charge in [0.1, 0.15) is 0 Å². The molecule has 2 unspecified atom stereocenters. The van der Waals surface area contributed by atoms with Gasteiger partial charge in [-0.2, -0.15) is 0 Å². The first-order valence-electron chi connectivity index (χ1n) is 12.4. The maximum Gasteiger partial charge on any atom is 0.0166 e. The first-order chi connectivity index (χ1) is 15.5. The molecule has 4 rings (SSSR count). The Bertz CT molecular complexity index is 1090. The summed E-state index contributed by atoms with van der Waals surface area (Å²) >= 11 is 0. The third kappa shape index (κ3) is 4.08. The van der Waals surface area contributed by atoms with E-state index in [4.69, 9.17) is 6.58 Å². The molecule has 0 heteroatoms. The van der Waals surface area contributed by atoms with Crippen LogP contribution in [0.25, 0.3) is 6.08 Å². The summed E-state index contributed by atoms with van der Waals surface area (Å²) in [5.41, 5.74) is 14.2. The highest BCUT2D eigenvalue weighted by Gasteiger charge is 2.41. The molecular weight excluding hydrogens is 384 g/mol. The van der Waals surface area contributed by atoms with Crippen LogP contribution in [0.15, 0.2) is 94.7 Å². The lowest BCUT2D eigenvalue weighted by Crippen LogP contribution is -2.24. The minimum absolute atomic E-state index is 0.374. The smallest absolute Gasteiger partial charge is 0.0166 e. The van der Waals surface area contributed by atoms with Gasteiger partial charge in [-0.05, 0) is 78.0 Å². The largest absolute Gasteiger partial charge is 0.0955 e. The van der Waals surface area contributed by atoms with Crippen molar-refractivity contribution < 1.29 is 0 Å². The lowest BCUT2D eigenvalue weighted by atomic mass is 9.68. The van der Waals surface area contributed by atoms with Gasteiger partial charge in [-0.15, -0.1) is 0 Å². The molecule has 2 atom stereocenters. The van der Waals surface area contributed by atoms with Crippen LogP contribution in [0.2, 0.25) is 0 Å². The van der Waals surface area contributed by atoms with E-state index in [2.05, 4.69) is 82.9 Å². The Hall–Kier alpha value is -2.60. The van der Waals surface area contributed by atoms with Crippen molar-refractivity contribution in [3.05, 3.63) is 111 Å². The first-order valence-corrected chi connectivity index (χ1v) is 12.4. The number of fused-ring (bicyclic) bond motifs is 1. The molecule has 1 fully saturated rings. The Morgan fingerprint density at radius 1 is 1.09 bits per heavy atom. The fourth-order valence-corrected chi connectivity index (χ4v) is 5.87.